The molecule has 0 saturated carbocycles. The highest BCUT2D eigenvalue weighted by atomic mass is 79.9. The van der Waals surface area contributed by atoms with E-state index in [0.29, 0.717) is 11.4 Å². The largest absolute Gasteiger partial charge is 0.376 e. The van der Waals surface area contributed by atoms with Crippen molar-refractivity contribution in [2.75, 3.05) is 35.8 Å². The average molecular weight is 512 g/mol. The Hall–Kier alpha value is -2.64. The van der Waals surface area contributed by atoms with Crippen molar-refractivity contribution < 1.29 is 9.59 Å². The SMILES string of the molecule is CC(=O)N1CCC(C)(c2ccccc2)c2cc(NC(=O)c3ccc(Br)s3)c(N(C)C)cc21. The van der Waals surface area contributed by atoms with E-state index < -0.39 is 0 Å². The number of amides is 2. The fraction of sp³-hybridized carbons (Fsp3) is 0.280. The predicted octanol–water partition coefficient (Wildman–Crippen LogP) is 5.89. The van der Waals surface area contributed by atoms with Gasteiger partial charge in [-0.15, -0.1) is 11.3 Å². The third-order valence-corrected chi connectivity index (χ3v) is 7.78. The summed E-state index contributed by atoms with van der Waals surface area (Å²) in [5.41, 5.74) is 4.45. The molecule has 2 aromatic carbocycles. The maximum atomic E-state index is 13.0. The van der Waals surface area contributed by atoms with Crippen LogP contribution in [0.25, 0.3) is 0 Å². The van der Waals surface area contributed by atoms with Crippen LogP contribution >= 0.6 is 27.3 Å². The lowest BCUT2D eigenvalue weighted by atomic mass is 9.70. The van der Waals surface area contributed by atoms with Crippen LogP contribution in [0.15, 0.2) is 58.4 Å². The van der Waals surface area contributed by atoms with Crippen molar-refractivity contribution in [3.63, 3.8) is 0 Å². The van der Waals surface area contributed by atoms with Gasteiger partial charge in [0.25, 0.3) is 5.91 Å². The van der Waals surface area contributed by atoms with E-state index in [9.17, 15) is 9.59 Å². The molecule has 0 aliphatic carbocycles. The first-order valence-electron chi connectivity index (χ1n) is 10.5. The molecule has 1 aliphatic rings. The molecule has 0 bridgehead atoms. The fourth-order valence-corrected chi connectivity index (χ4v) is 5.64. The lowest BCUT2D eigenvalue weighted by molar-refractivity contribution is -0.116. The molecule has 0 spiro atoms. The summed E-state index contributed by atoms with van der Waals surface area (Å²) in [5.74, 6) is -0.129. The van der Waals surface area contributed by atoms with Crippen molar-refractivity contribution in [1.29, 1.82) is 0 Å². The zero-order valence-corrected chi connectivity index (χ0v) is 21.0. The van der Waals surface area contributed by atoms with E-state index in [1.807, 2.05) is 66.4 Å². The number of hydrogen-bond donors (Lipinski definition) is 1. The van der Waals surface area contributed by atoms with Crippen molar-refractivity contribution >= 4 is 56.1 Å². The highest BCUT2D eigenvalue weighted by molar-refractivity contribution is 9.11. The van der Waals surface area contributed by atoms with Gasteiger partial charge in [-0.3, -0.25) is 9.59 Å². The molecule has 7 heteroatoms. The molecule has 3 aromatic rings. The lowest BCUT2D eigenvalue weighted by Gasteiger charge is -2.42. The van der Waals surface area contributed by atoms with Crippen LogP contribution in [0.2, 0.25) is 0 Å². The number of carbonyl (C=O) groups excluding carboxylic acids is 2. The standard InChI is InChI=1S/C25H26BrN3O2S/c1-16(30)29-13-12-25(2,17-8-6-5-7-9-17)18-14-19(21(28(3)4)15-20(18)29)27-24(31)22-10-11-23(26)32-22/h5-11,14-15H,12-13H2,1-4H3,(H,27,31). The van der Waals surface area contributed by atoms with E-state index in [1.165, 1.54) is 16.9 Å². The number of halogens is 1. The van der Waals surface area contributed by atoms with E-state index >= 15 is 0 Å². The maximum absolute atomic E-state index is 13.0. The monoisotopic (exact) mass is 511 g/mol. The number of fused-ring (bicyclic) bond motifs is 1. The van der Waals surface area contributed by atoms with Crippen LogP contribution in [-0.2, 0) is 10.2 Å². The molecule has 0 radical (unpaired) electrons. The van der Waals surface area contributed by atoms with Crippen molar-refractivity contribution in [3.05, 3.63) is 74.4 Å². The minimum atomic E-state index is -0.279. The van der Waals surface area contributed by atoms with E-state index in [0.717, 1.165) is 32.8 Å². The summed E-state index contributed by atoms with van der Waals surface area (Å²) in [7, 11) is 3.88. The van der Waals surface area contributed by atoms with Crippen LogP contribution in [0.1, 0.15) is 41.1 Å². The number of nitrogens with one attached hydrogen (secondary N) is 1. The van der Waals surface area contributed by atoms with Crippen LogP contribution in [0.4, 0.5) is 17.1 Å². The Morgan fingerprint density at radius 1 is 1.12 bits per heavy atom. The summed E-state index contributed by atoms with van der Waals surface area (Å²) < 4.78 is 0.912. The molecule has 166 valence electrons. The first kappa shape index (κ1) is 22.6. The maximum Gasteiger partial charge on any atom is 0.265 e. The van der Waals surface area contributed by atoms with E-state index in [4.69, 9.17) is 0 Å². The molecule has 1 atom stereocenters. The molecule has 2 heterocycles. The quantitative estimate of drug-likeness (QED) is 0.474. The molecular formula is C25H26BrN3O2S. The number of carbonyl (C=O) groups is 2. The second-order valence-electron chi connectivity index (χ2n) is 8.46. The number of anilines is 3. The summed E-state index contributed by atoms with van der Waals surface area (Å²) in [6.45, 7) is 4.47. The highest BCUT2D eigenvalue weighted by Crippen LogP contribution is 2.48. The van der Waals surface area contributed by atoms with Crippen LogP contribution in [0.3, 0.4) is 0 Å². The fourth-order valence-electron chi connectivity index (χ4n) is 4.36. The molecule has 1 N–H and O–H groups in total. The molecular weight excluding hydrogens is 486 g/mol. The molecule has 2 amide bonds. The van der Waals surface area contributed by atoms with Gasteiger partial charge in [0, 0.05) is 38.7 Å². The topological polar surface area (TPSA) is 52.7 Å². The number of benzene rings is 2. The average Bonchev–Trinajstić information content (AvgIpc) is 3.20. The van der Waals surface area contributed by atoms with Crippen LogP contribution in [0, 0.1) is 0 Å². The van der Waals surface area contributed by atoms with Crippen LogP contribution in [-0.4, -0.2) is 32.5 Å². The first-order valence-corrected chi connectivity index (χ1v) is 12.1. The predicted molar refractivity (Wildman–Crippen MR) is 136 cm³/mol. The van der Waals surface area contributed by atoms with Gasteiger partial charge in [0.1, 0.15) is 0 Å². The second kappa shape index (κ2) is 8.71. The molecule has 4 rings (SSSR count). The van der Waals surface area contributed by atoms with Gasteiger partial charge in [0.15, 0.2) is 0 Å². The van der Waals surface area contributed by atoms with Crippen LogP contribution in [0.5, 0.6) is 0 Å². The Bertz CT molecular complexity index is 1180. The number of rotatable bonds is 4. The Morgan fingerprint density at radius 2 is 1.84 bits per heavy atom. The minimum Gasteiger partial charge on any atom is -0.376 e. The van der Waals surface area contributed by atoms with E-state index in [2.05, 4.69) is 40.3 Å². The summed E-state index contributed by atoms with van der Waals surface area (Å²) in [5, 5.41) is 3.11. The molecule has 0 fully saturated rings. The van der Waals surface area contributed by atoms with E-state index in [1.54, 1.807) is 6.92 Å². The smallest absolute Gasteiger partial charge is 0.265 e. The Balaban J connectivity index is 1.88. The lowest BCUT2D eigenvalue weighted by Crippen LogP contribution is -2.42. The Labute approximate surface area is 201 Å². The molecule has 0 saturated heterocycles. The van der Waals surface area contributed by atoms with Gasteiger partial charge < -0.3 is 15.1 Å². The molecule has 1 unspecified atom stereocenters. The van der Waals surface area contributed by atoms with Gasteiger partial charge in [-0.05, 0) is 57.7 Å². The first-order chi connectivity index (χ1) is 15.2. The number of hydrogen-bond acceptors (Lipinski definition) is 4. The molecule has 1 aliphatic heterocycles. The summed E-state index contributed by atoms with van der Waals surface area (Å²) in [4.78, 5) is 29.9. The molecule has 5 nitrogen and oxygen atoms in total. The normalized spacial score (nSPS) is 17.6. The highest BCUT2D eigenvalue weighted by Gasteiger charge is 2.38. The third kappa shape index (κ3) is 4.07. The third-order valence-electron chi connectivity index (χ3n) is 6.15. The van der Waals surface area contributed by atoms with Gasteiger partial charge in [-0.25, -0.2) is 0 Å². The van der Waals surface area contributed by atoms with Gasteiger partial charge in [0.2, 0.25) is 5.91 Å². The second-order valence-corrected chi connectivity index (χ2v) is 10.9. The molecule has 32 heavy (non-hydrogen) atoms. The van der Waals surface area contributed by atoms with Gasteiger partial charge >= 0.3 is 0 Å². The Morgan fingerprint density at radius 3 is 2.44 bits per heavy atom. The summed E-state index contributed by atoms with van der Waals surface area (Å²) >= 11 is 4.82. The van der Waals surface area contributed by atoms with Gasteiger partial charge in [-0.2, -0.15) is 0 Å². The number of nitrogens with zero attached hydrogens (tertiary/aromatic N) is 2. The van der Waals surface area contributed by atoms with Crippen LogP contribution < -0.4 is 15.1 Å². The van der Waals surface area contributed by atoms with Gasteiger partial charge in [-0.1, -0.05) is 37.3 Å². The van der Waals surface area contributed by atoms with Crippen molar-refractivity contribution in [1.82, 2.24) is 0 Å². The number of thiophene rings is 1. The van der Waals surface area contributed by atoms with Crippen molar-refractivity contribution in [2.24, 2.45) is 0 Å². The van der Waals surface area contributed by atoms with Crippen molar-refractivity contribution in [3.8, 4) is 0 Å². The summed E-state index contributed by atoms with van der Waals surface area (Å²) in [6.07, 6.45) is 0.802. The van der Waals surface area contributed by atoms with E-state index in [-0.39, 0.29) is 17.2 Å². The summed E-state index contributed by atoms with van der Waals surface area (Å²) in [6, 6.07) is 18.1. The minimum absolute atomic E-state index is 0.0197. The Kier molecular flexibility index (Phi) is 6.14. The molecule has 1 aromatic heterocycles. The zero-order valence-electron chi connectivity index (χ0n) is 18.6. The van der Waals surface area contributed by atoms with Gasteiger partial charge in [0.05, 0.1) is 20.0 Å². The zero-order chi connectivity index (χ0) is 23.0. The van der Waals surface area contributed by atoms with Crippen molar-refractivity contribution in [2.45, 2.75) is 25.7 Å².